The normalized spacial score (nSPS) is 12.1. The molecular formula is C22H18N2O2S2. The monoisotopic (exact) mass is 406 g/mol. The Labute approximate surface area is 169 Å². The van der Waals surface area contributed by atoms with E-state index in [9.17, 15) is 9.00 Å². The zero-order chi connectivity index (χ0) is 19.3. The van der Waals surface area contributed by atoms with E-state index in [-0.39, 0.29) is 5.56 Å². The highest BCUT2D eigenvalue weighted by atomic mass is 32.2. The van der Waals surface area contributed by atoms with Gasteiger partial charge in [-0.3, -0.25) is 13.6 Å². The molecule has 0 bridgehead atoms. The van der Waals surface area contributed by atoms with E-state index in [1.807, 2.05) is 78.9 Å². The molecule has 4 rings (SSSR count). The molecule has 0 spiro atoms. The van der Waals surface area contributed by atoms with Crippen LogP contribution in [0.15, 0.2) is 99.8 Å². The van der Waals surface area contributed by atoms with E-state index in [0.29, 0.717) is 27.6 Å². The number of aromatic nitrogens is 2. The second kappa shape index (κ2) is 8.54. The zero-order valence-corrected chi connectivity index (χ0v) is 16.7. The summed E-state index contributed by atoms with van der Waals surface area (Å²) in [5.41, 5.74) is 1.35. The van der Waals surface area contributed by atoms with Gasteiger partial charge < -0.3 is 0 Å². The maximum absolute atomic E-state index is 13.1. The van der Waals surface area contributed by atoms with Crippen molar-refractivity contribution < 1.29 is 4.21 Å². The van der Waals surface area contributed by atoms with Gasteiger partial charge in [-0.25, -0.2) is 4.98 Å². The lowest BCUT2D eigenvalue weighted by atomic mass is 10.2. The molecular weight excluding hydrogens is 388 g/mol. The van der Waals surface area contributed by atoms with Crippen molar-refractivity contribution in [2.24, 2.45) is 0 Å². The SMILES string of the molecule is O=c1c2ccccc2nc(SCC[S@@](=O)c2ccccc2)n1-c1ccccc1. The quantitative estimate of drug-likeness (QED) is 0.354. The van der Waals surface area contributed by atoms with Crippen molar-refractivity contribution in [1.29, 1.82) is 0 Å². The average molecular weight is 407 g/mol. The third kappa shape index (κ3) is 3.93. The molecule has 1 atom stereocenters. The highest BCUT2D eigenvalue weighted by Crippen LogP contribution is 2.22. The first-order chi connectivity index (χ1) is 13.7. The van der Waals surface area contributed by atoms with Crippen LogP contribution in [0.1, 0.15) is 0 Å². The molecule has 1 aromatic heterocycles. The third-order valence-electron chi connectivity index (χ3n) is 4.27. The molecule has 28 heavy (non-hydrogen) atoms. The van der Waals surface area contributed by atoms with Crippen molar-refractivity contribution in [3.63, 3.8) is 0 Å². The van der Waals surface area contributed by atoms with Crippen molar-refractivity contribution >= 4 is 33.5 Å². The van der Waals surface area contributed by atoms with Gasteiger partial charge in [0.1, 0.15) is 0 Å². The summed E-state index contributed by atoms with van der Waals surface area (Å²) in [4.78, 5) is 18.6. The molecule has 0 saturated carbocycles. The Morgan fingerprint density at radius 2 is 1.50 bits per heavy atom. The van der Waals surface area contributed by atoms with Crippen LogP contribution in [-0.2, 0) is 10.8 Å². The van der Waals surface area contributed by atoms with Crippen LogP contribution < -0.4 is 5.56 Å². The van der Waals surface area contributed by atoms with E-state index >= 15 is 0 Å². The van der Waals surface area contributed by atoms with Crippen LogP contribution in [0, 0.1) is 0 Å². The summed E-state index contributed by atoms with van der Waals surface area (Å²) in [7, 11) is -1.08. The molecule has 0 aliphatic heterocycles. The lowest BCUT2D eigenvalue weighted by Crippen LogP contribution is -2.22. The Bertz CT molecular complexity index is 1180. The van der Waals surface area contributed by atoms with E-state index in [4.69, 9.17) is 4.98 Å². The molecule has 4 aromatic rings. The number of nitrogens with zero attached hydrogens (tertiary/aromatic N) is 2. The van der Waals surface area contributed by atoms with Gasteiger partial charge in [0.2, 0.25) is 0 Å². The topological polar surface area (TPSA) is 52.0 Å². The first-order valence-electron chi connectivity index (χ1n) is 8.87. The van der Waals surface area contributed by atoms with Gasteiger partial charge in [-0.1, -0.05) is 60.3 Å². The smallest absolute Gasteiger partial charge is 0.266 e. The summed E-state index contributed by atoms with van der Waals surface area (Å²) >= 11 is 1.45. The van der Waals surface area contributed by atoms with Gasteiger partial charge >= 0.3 is 0 Å². The van der Waals surface area contributed by atoms with E-state index in [1.165, 1.54) is 11.8 Å². The number of para-hydroxylation sites is 2. The van der Waals surface area contributed by atoms with Crippen LogP contribution in [0.3, 0.4) is 0 Å². The molecule has 0 amide bonds. The van der Waals surface area contributed by atoms with Crippen LogP contribution in [0.25, 0.3) is 16.6 Å². The summed E-state index contributed by atoms with van der Waals surface area (Å²) in [6.07, 6.45) is 0. The summed E-state index contributed by atoms with van der Waals surface area (Å²) < 4.78 is 14.1. The fourth-order valence-corrected chi connectivity index (χ4v) is 5.21. The molecule has 0 unspecified atom stereocenters. The molecule has 6 heteroatoms. The lowest BCUT2D eigenvalue weighted by Gasteiger charge is -2.13. The third-order valence-corrected chi connectivity index (χ3v) is 6.84. The van der Waals surface area contributed by atoms with Gasteiger partial charge in [0, 0.05) is 16.4 Å². The fraction of sp³-hybridized carbons (Fsp3) is 0.0909. The number of fused-ring (bicyclic) bond motifs is 1. The Morgan fingerprint density at radius 3 is 2.25 bits per heavy atom. The Morgan fingerprint density at radius 1 is 0.857 bits per heavy atom. The minimum absolute atomic E-state index is 0.0940. The fourth-order valence-electron chi connectivity index (χ4n) is 2.91. The standard InChI is InChI=1S/C22H18N2O2S2/c25-21-19-13-7-8-14-20(19)23-22(24(21)17-9-3-1-4-10-17)27-15-16-28(26)18-11-5-2-6-12-18/h1-14H,15-16H2/t28-/m1/s1. The molecule has 0 aliphatic carbocycles. The summed E-state index contributed by atoms with van der Waals surface area (Å²) in [6, 6.07) is 26.3. The highest BCUT2D eigenvalue weighted by molar-refractivity contribution is 8.00. The minimum atomic E-state index is -1.08. The van der Waals surface area contributed by atoms with Gasteiger partial charge in [0.05, 0.1) is 27.4 Å². The number of rotatable bonds is 6. The van der Waals surface area contributed by atoms with Crippen molar-refractivity contribution in [3.05, 3.63) is 95.3 Å². The molecule has 0 radical (unpaired) electrons. The van der Waals surface area contributed by atoms with Crippen molar-refractivity contribution in [1.82, 2.24) is 9.55 Å². The van der Waals surface area contributed by atoms with Crippen LogP contribution in [0.2, 0.25) is 0 Å². The van der Waals surface area contributed by atoms with E-state index in [2.05, 4.69) is 0 Å². The van der Waals surface area contributed by atoms with Gasteiger partial charge in [0.15, 0.2) is 5.16 Å². The molecule has 1 heterocycles. The second-order valence-corrected chi connectivity index (χ2v) is 8.73. The minimum Gasteiger partial charge on any atom is -0.268 e. The highest BCUT2D eigenvalue weighted by Gasteiger charge is 2.13. The first-order valence-corrected chi connectivity index (χ1v) is 11.2. The maximum Gasteiger partial charge on any atom is 0.266 e. The number of benzene rings is 3. The second-order valence-electron chi connectivity index (χ2n) is 6.10. The predicted molar refractivity (Wildman–Crippen MR) is 116 cm³/mol. The predicted octanol–water partition coefficient (Wildman–Crippen LogP) is 4.29. The lowest BCUT2D eigenvalue weighted by molar-refractivity contribution is 0.684. The van der Waals surface area contributed by atoms with Gasteiger partial charge in [-0.2, -0.15) is 0 Å². The molecule has 0 aliphatic rings. The molecule has 3 aromatic carbocycles. The Balaban J connectivity index is 1.66. The summed E-state index contributed by atoms with van der Waals surface area (Å²) in [6.45, 7) is 0. The van der Waals surface area contributed by atoms with Crippen LogP contribution in [0.4, 0.5) is 0 Å². The average Bonchev–Trinajstić information content (AvgIpc) is 2.75. The van der Waals surface area contributed by atoms with Gasteiger partial charge in [-0.15, -0.1) is 0 Å². The molecule has 140 valence electrons. The molecule has 0 saturated heterocycles. The van der Waals surface area contributed by atoms with Crippen LogP contribution >= 0.6 is 11.8 Å². The maximum atomic E-state index is 13.1. The Kier molecular flexibility index (Phi) is 5.69. The summed E-state index contributed by atoms with van der Waals surface area (Å²) in [5, 5.41) is 1.20. The molecule has 0 fully saturated rings. The number of thioether (sulfide) groups is 1. The molecule has 4 nitrogen and oxygen atoms in total. The van der Waals surface area contributed by atoms with Crippen molar-refractivity contribution in [3.8, 4) is 5.69 Å². The van der Waals surface area contributed by atoms with E-state index < -0.39 is 10.8 Å². The zero-order valence-electron chi connectivity index (χ0n) is 15.0. The largest absolute Gasteiger partial charge is 0.268 e. The van der Waals surface area contributed by atoms with Gasteiger partial charge in [-0.05, 0) is 36.4 Å². The van der Waals surface area contributed by atoms with Crippen LogP contribution in [-0.4, -0.2) is 25.3 Å². The van der Waals surface area contributed by atoms with Crippen molar-refractivity contribution in [2.45, 2.75) is 10.1 Å². The Hall–Kier alpha value is -2.70. The van der Waals surface area contributed by atoms with Crippen LogP contribution in [0.5, 0.6) is 0 Å². The summed E-state index contributed by atoms with van der Waals surface area (Å²) in [5.74, 6) is 1.09. The number of hydrogen-bond acceptors (Lipinski definition) is 4. The van der Waals surface area contributed by atoms with E-state index in [1.54, 1.807) is 10.6 Å². The van der Waals surface area contributed by atoms with Crippen molar-refractivity contribution in [2.75, 3.05) is 11.5 Å². The number of hydrogen-bond donors (Lipinski definition) is 0. The van der Waals surface area contributed by atoms with Gasteiger partial charge in [0.25, 0.3) is 5.56 Å². The molecule has 0 N–H and O–H groups in total. The first kappa shape index (κ1) is 18.7. The van der Waals surface area contributed by atoms with E-state index in [0.717, 1.165) is 10.6 Å².